The lowest BCUT2D eigenvalue weighted by Crippen LogP contribution is -2.61. The van der Waals surface area contributed by atoms with Crippen LogP contribution in [0, 0.1) is 5.92 Å². The van der Waals surface area contributed by atoms with E-state index >= 15 is 0 Å². The fraction of sp³-hybridized carbons (Fsp3) is 0.450. The van der Waals surface area contributed by atoms with Gasteiger partial charge in [0.05, 0.1) is 22.3 Å². The van der Waals surface area contributed by atoms with E-state index in [0.29, 0.717) is 16.4 Å². The van der Waals surface area contributed by atoms with Crippen LogP contribution in [-0.4, -0.2) is 50.1 Å². The Kier molecular flexibility index (Phi) is 6.92. The molecule has 0 bridgehead atoms. The Balaban J connectivity index is 1.55. The quantitative estimate of drug-likeness (QED) is 0.511. The van der Waals surface area contributed by atoms with Crippen molar-refractivity contribution in [3.63, 3.8) is 0 Å². The van der Waals surface area contributed by atoms with Crippen LogP contribution in [0.1, 0.15) is 38.3 Å². The molecule has 7 nitrogen and oxygen atoms in total. The third-order valence-electron chi connectivity index (χ3n) is 5.02. The van der Waals surface area contributed by atoms with Crippen molar-refractivity contribution in [1.29, 1.82) is 0 Å². The molecule has 1 aromatic carbocycles. The topological polar surface area (TPSA) is 107 Å². The molecule has 4 unspecified atom stereocenters. The molecule has 4 atom stereocenters. The molecular formula is C20H24N2O5S2. The second-order valence-corrected chi connectivity index (χ2v) is 9.45. The van der Waals surface area contributed by atoms with Crippen LogP contribution in [0.3, 0.4) is 0 Å². The van der Waals surface area contributed by atoms with Crippen LogP contribution in [0.5, 0.6) is 0 Å². The maximum absolute atomic E-state index is 12.3. The van der Waals surface area contributed by atoms with E-state index in [4.69, 9.17) is 0 Å². The molecule has 0 spiro atoms. The molecule has 2 aliphatic heterocycles. The van der Waals surface area contributed by atoms with E-state index in [9.17, 15) is 24.6 Å². The van der Waals surface area contributed by atoms with Crippen molar-refractivity contribution < 1.29 is 24.6 Å². The summed E-state index contributed by atoms with van der Waals surface area (Å²) >= 11 is 2.56. The number of β-lactam (4-membered cyclic amide) rings is 1. The summed E-state index contributed by atoms with van der Waals surface area (Å²) in [6.45, 7) is 3.70. The molecule has 2 amide bonds. The average molecular weight is 437 g/mol. The fourth-order valence-electron chi connectivity index (χ4n) is 3.39. The summed E-state index contributed by atoms with van der Waals surface area (Å²) in [6, 6.07) is 9.53. The molecule has 2 aliphatic rings. The number of aliphatic hydroxyl groups excluding tert-OH is 1. The lowest BCUT2D eigenvalue weighted by molar-refractivity contribution is -0.157. The zero-order chi connectivity index (χ0) is 21.1. The minimum Gasteiger partial charge on any atom is -0.477 e. The van der Waals surface area contributed by atoms with Gasteiger partial charge in [0.2, 0.25) is 11.8 Å². The maximum atomic E-state index is 12.3. The van der Waals surface area contributed by atoms with E-state index in [1.807, 2.05) is 37.3 Å². The minimum absolute atomic E-state index is 0.0346. The van der Waals surface area contributed by atoms with Crippen LogP contribution in [0.2, 0.25) is 0 Å². The summed E-state index contributed by atoms with van der Waals surface area (Å²) in [7, 11) is 0. The van der Waals surface area contributed by atoms with Gasteiger partial charge in [-0.1, -0.05) is 49.0 Å². The molecule has 29 heavy (non-hydrogen) atoms. The van der Waals surface area contributed by atoms with E-state index in [2.05, 4.69) is 5.32 Å². The van der Waals surface area contributed by atoms with E-state index in [1.165, 1.54) is 28.4 Å². The monoisotopic (exact) mass is 436 g/mol. The summed E-state index contributed by atoms with van der Waals surface area (Å²) < 4.78 is 0.519. The Labute approximate surface area is 177 Å². The Hall–Kier alpha value is -1.97. The van der Waals surface area contributed by atoms with Crippen LogP contribution in [-0.2, 0) is 14.4 Å². The van der Waals surface area contributed by atoms with Gasteiger partial charge in [0.15, 0.2) is 5.70 Å². The van der Waals surface area contributed by atoms with Crippen molar-refractivity contribution in [3.05, 3.63) is 45.8 Å². The van der Waals surface area contributed by atoms with Gasteiger partial charge < -0.3 is 15.5 Å². The highest BCUT2D eigenvalue weighted by Crippen LogP contribution is 2.54. The predicted octanol–water partition coefficient (Wildman–Crippen LogP) is 2.54. The van der Waals surface area contributed by atoms with Crippen molar-refractivity contribution >= 4 is 41.3 Å². The first-order valence-corrected chi connectivity index (χ1v) is 11.3. The minimum atomic E-state index is -1.16. The number of thioether (sulfide) groups is 2. The molecule has 1 fully saturated rings. The second-order valence-electron chi connectivity index (χ2n) is 6.96. The van der Waals surface area contributed by atoms with E-state index in [-0.39, 0.29) is 35.3 Å². The van der Waals surface area contributed by atoms with E-state index < -0.39 is 18.0 Å². The summed E-state index contributed by atoms with van der Waals surface area (Å²) in [6.07, 6.45) is -0.106. The van der Waals surface area contributed by atoms with Crippen molar-refractivity contribution in [2.75, 3.05) is 5.75 Å². The Morgan fingerprint density at radius 1 is 1.31 bits per heavy atom. The van der Waals surface area contributed by atoms with E-state index in [1.54, 1.807) is 6.92 Å². The normalized spacial score (nSPS) is 22.7. The Morgan fingerprint density at radius 3 is 2.62 bits per heavy atom. The third-order valence-corrected chi connectivity index (χ3v) is 7.68. The number of rotatable bonds is 9. The summed E-state index contributed by atoms with van der Waals surface area (Å²) in [5, 5.41) is 22.1. The van der Waals surface area contributed by atoms with Gasteiger partial charge in [0.1, 0.15) is 5.37 Å². The van der Waals surface area contributed by atoms with Gasteiger partial charge in [0.25, 0.3) is 0 Å². The molecule has 0 aliphatic carbocycles. The van der Waals surface area contributed by atoms with Crippen molar-refractivity contribution in [2.45, 2.75) is 44.2 Å². The lowest BCUT2D eigenvalue weighted by atomic mass is 9.90. The first kappa shape index (κ1) is 21.7. The molecule has 156 valence electrons. The predicted molar refractivity (Wildman–Crippen MR) is 113 cm³/mol. The number of hydrogen-bond acceptors (Lipinski definition) is 6. The average Bonchev–Trinajstić information content (AvgIpc) is 3.03. The van der Waals surface area contributed by atoms with Gasteiger partial charge in [-0.05, 0) is 18.9 Å². The number of carboxylic acid groups (broad SMARTS) is 1. The summed E-state index contributed by atoms with van der Waals surface area (Å²) in [5.41, 5.74) is 0.978. The third kappa shape index (κ3) is 4.46. The number of nitrogens with zero attached hydrogens (tertiary/aromatic N) is 1. The molecule has 9 heteroatoms. The second kappa shape index (κ2) is 9.23. The highest BCUT2D eigenvalue weighted by molar-refractivity contribution is 8.22. The lowest BCUT2D eigenvalue weighted by Gasteiger charge is -2.44. The van der Waals surface area contributed by atoms with Crippen LogP contribution in [0.4, 0.5) is 0 Å². The Morgan fingerprint density at radius 2 is 2.00 bits per heavy atom. The van der Waals surface area contributed by atoms with Crippen molar-refractivity contribution in [3.8, 4) is 0 Å². The number of nitrogens with one attached hydrogen (secondary N) is 1. The SMILES string of the molecule is CCC(O)C1C(=O)N2C(C(=O)O)=C(SCCC(=O)NC(C)c3ccccc3)SC12. The number of carbonyl (C=O) groups excluding carboxylic acids is 2. The molecular weight excluding hydrogens is 412 g/mol. The van der Waals surface area contributed by atoms with Gasteiger partial charge in [-0.3, -0.25) is 14.5 Å². The number of amides is 2. The zero-order valence-electron chi connectivity index (χ0n) is 16.2. The molecule has 1 aromatic rings. The highest BCUT2D eigenvalue weighted by atomic mass is 32.2. The molecule has 3 rings (SSSR count). The smallest absolute Gasteiger partial charge is 0.354 e. The van der Waals surface area contributed by atoms with Crippen LogP contribution in [0.25, 0.3) is 0 Å². The number of aliphatic hydroxyl groups is 1. The van der Waals surface area contributed by atoms with Crippen LogP contribution < -0.4 is 5.32 Å². The van der Waals surface area contributed by atoms with Crippen molar-refractivity contribution in [2.24, 2.45) is 5.92 Å². The Bertz CT molecular complexity index is 829. The molecule has 0 aromatic heterocycles. The van der Waals surface area contributed by atoms with Crippen molar-refractivity contribution in [1.82, 2.24) is 10.2 Å². The number of fused-ring (bicyclic) bond motifs is 1. The number of carboxylic acids is 1. The first-order valence-electron chi connectivity index (χ1n) is 9.47. The highest BCUT2D eigenvalue weighted by Gasteiger charge is 2.58. The van der Waals surface area contributed by atoms with Gasteiger partial charge in [0, 0.05) is 12.2 Å². The summed E-state index contributed by atoms with van der Waals surface area (Å²) in [4.78, 5) is 37.5. The summed E-state index contributed by atoms with van der Waals surface area (Å²) in [5.74, 6) is -1.80. The molecule has 3 N–H and O–H groups in total. The number of benzene rings is 1. The number of aliphatic carboxylic acids is 1. The fourth-order valence-corrected chi connectivity index (χ4v) is 6.28. The van der Waals surface area contributed by atoms with E-state index in [0.717, 1.165) is 5.56 Å². The van der Waals surface area contributed by atoms with Gasteiger partial charge >= 0.3 is 5.97 Å². The standard InChI is InChI=1S/C20H24N2O5S2/c1-3-13(23)15-17(25)22-16(19(26)27)20(29-18(15)22)28-10-9-14(24)21-11(2)12-7-5-4-6-8-12/h4-8,11,13,15,18,23H,3,9-10H2,1-2H3,(H,21,24)(H,26,27). The molecule has 2 heterocycles. The van der Waals surface area contributed by atoms with Crippen LogP contribution in [0.15, 0.2) is 40.3 Å². The van der Waals surface area contributed by atoms with Gasteiger partial charge in [-0.15, -0.1) is 11.8 Å². The van der Waals surface area contributed by atoms with Gasteiger partial charge in [-0.2, -0.15) is 0 Å². The molecule has 0 saturated carbocycles. The molecule has 0 radical (unpaired) electrons. The number of carbonyl (C=O) groups is 3. The largest absolute Gasteiger partial charge is 0.477 e. The molecule has 1 saturated heterocycles. The van der Waals surface area contributed by atoms with Crippen LogP contribution >= 0.6 is 23.5 Å². The number of hydrogen-bond donors (Lipinski definition) is 3. The maximum Gasteiger partial charge on any atom is 0.354 e. The van der Waals surface area contributed by atoms with Gasteiger partial charge in [-0.25, -0.2) is 4.79 Å². The zero-order valence-corrected chi connectivity index (χ0v) is 17.8. The first-order chi connectivity index (χ1) is 13.8.